The second-order valence-electron chi connectivity index (χ2n) is 3.48. The third kappa shape index (κ3) is 3.30. The maximum atomic E-state index is 10.9. The Balaban J connectivity index is 2.16. The van der Waals surface area contributed by atoms with Gasteiger partial charge >= 0.3 is 0 Å². The Labute approximate surface area is 124 Å². The van der Waals surface area contributed by atoms with Gasteiger partial charge in [-0.05, 0) is 40.2 Å². The van der Waals surface area contributed by atoms with Crippen LogP contribution in [0.2, 0.25) is 0 Å². The Morgan fingerprint density at radius 2 is 2.06 bits per heavy atom. The summed E-state index contributed by atoms with van der Waals surface area (Å²) in [6, 6.07) is 8.90. The smallest absolute Gasteiger partial charge is 0.293 e. The number of nitrogens with zero attached hydrogens (tertiary/aromatic N) is 1. The molecule has 0 aliphatic rings. The highest BCUT2D eigenvalue weighted by Crippen LogP contribution is 2.29. The van der Waals surface area contributed by atoms with Gasteiger partial charge in [-0.25, -0.2) is 0 Å². The number of benzene rings is 1. The Hall–Kier alpha value is -0.920. The highest BCUT2D eigenvalue weighted by molar-refractivity contribution is 9.11. The van der Waals surface area contributed by atoms with Crippen LogP contribution in [-0.2, 0) is 6.54 Å². The first kappa shape index (κ1) is 13.5. The molecule has 0 atom stereocenters. The molecule has 0 aliphatic carbocycles. The predicted molar refractivity (Wildman–Crippen MR) is 80.1 cm³/mol. The molecule has 0 radical (unpaired) electrons. The quantitative estimate of drug-likeness (QED) is 0.601. The van der Waals surface area contributed by atoms with Crippen molar-refractivity contribution in [2.75, 3.05) is 5.32 Å². The summed E-state index contributed by atoms with van der Waals surface area (Å²) in [5, 5.41) is 14.0. The standard InChI is InChI=1S/C11H8Br2N2O2S/c12-7-1-3-9(10(5-7)15(16)17)14-6-8-2-4-11(13)18-8/h1-5,14H,6H2. The first-order valence-electron chi connectivity index (χ1n) is 4.98. The van der Waals surface area contributed by atoms with Crippen molar-refractivity contribution in [2.24, 2.45) is 0 Å². The molecule has 94 valence electrons. The van der Waals surface area contributed by atoms with Crippen LogP contribution in [0.5, 0.6) is 0 Å². The van der Waals surface area contributed by atoms with Crippen LogP contribution < -0.4 is 5.32 Å². The van der Waals surface area contributed by atoms with Crippen LogP contribution in [0.3, 0.4) is 0 Å². The molecular weight excluding hydrogens is 384 g/mol. The molecule has 0 bridgehead atoms. The van der Waals surface area contributed by atoms with E-state index in [0.717, 1.165) is 8.66 Å². The van der Waals surface area contributed by atoms with Crippen molar-refractivity contribution in [3.63, 3.8) is 0 Å². The zero-order chi connectivity index (χ0) is 13.1. The number of hydrogen-bond acceptors (Lipinski definition) is 4. The molecule has 2 aromatic rings. The van der Waals surface area contributed by atoms with E-state index in [-0.39, 0.29) is 5.69 Å². The Kier molecular flexibility index (Phi) is 4.36. The van der Waals surface area contributed by atoms with E-state index in [2.05, 4.69) is 37.2 Å². The lowest BCUT2D eigenvalue weighted by Gasteiger charge is -2.06. The highest BCUT2D eigenvalue weighted by atomic mass is 79.9. The average Bonchev–Trinajstić information content (AvgIpc) is 2.73. The van der Waals surface area contributed by atoms with Gasteiger partial charge < -0.3 is 5.32 Å². The minimum Gasteiger partial charge on any atom is -0.375 e. The second-order valence-corrected chi connectivity index (χ2v) is 6.94. The fourth-order valence-corrected chi connectivity index (χ4v) is 3.21. The third-order valence-corrected chi connectivity index (χ3v) is 4.36. The Bertz CT molecular complexity index is 586. The number of rotatable bonds is 4. The number of halogens is 2. The SMILES string of the molecule is O=[N+]([O-])c1cc(Br)ccc1NCc1ccc(Br)s1. The van der Waals surface area contributed by atoms with Crippen LogP contribution in [0.25, 0.3) is 0 Å². The number of nitrogens with one attached hydrogen (secondary N) is 1. The van der Waals surface area contributed by atoms with Gasteiger partial charge in [0.05, 0.1) is 8.71 Å². The number of anilines is 1. The maximum Gasteiger partial charge on any atom is 0.293 e. The Morgan fingerprint density at radius 3 is 2.67 bits per heavy atom. The van der Waals surface area contributed by atoms with Crippen LogP contribution >= 0.6 is 43.2 Å². The van der Waals surface area contributed by atoms with Crippen LogP contribution in [0.1, 0.15) is 4.88 Å². The minimum absolute atomic E-state index is 0.0694. The molecule has 0 amide bonds. The van der Waals surface area contributed by atoms with Gasteiger partial charge in [-0.3, -0.25) is 10.1 Å². The van der Waals surface area contributed by atoms with Gasteiger partial charge in [-0.1, -0.05) is 15.9 Å². The first-order chi connectivity index (χ1) is 8.56. The first-order valence-corrected chi connectivity index (χ1v) is 7.38. The van der Waals surface area contributed by atoms with Crippen molar-refractivity contribution in [2.45, 2.75) is 6.54 Å². The fraction of sp³-hybridized carbons (Fsp3) is 0.0909. The topological polar surface area (TPSA) is 55.2 Å². The van der Waals surface area contributed by atoms with E-state index in [1.54, 1.807) is 23.5 Å². The van der Waals surface area contributed by atoms with Crippen molar-refractivity contribution in [1.82, 2.24) is 0 Å². The normalized spacial score (nSPS) is 10.3. The van der Waals surface area contributed by atoms with Crippen molar-refractivity contribution >= 4 is 54.6 Å². The van der Waals surface area contributed by atoms with E-state index in [0.29, 0.717) is 16.7 Å². The van der Waals surface area contributed by atoms with Crippen molar-refractivity contribution in [3.8, 4) is 0 Å². The predicted octanol–water partition coefficient (Wildman–Crippen LogP) is 4.79. The van der Waals surface area contributed by atoms with Gasteiger partial charge in [0.2, 0.25) is 0 Å². The largest absolute Gasteiger partial charge is 0.375 e. The van der Waals surface area contributed by atoms with Crippen molar-refractivity contribution in [3.05, 3.63) is 53.6 Å². The summed E-state index contributed by atoms with van der Waals surface area (Å²) in [6.07, 6.45) is 0. The fourth-order valence-electron chi connectivity index (χ4n) is 1.43. The monoisotopic (exact) mass is 390 g/mol. The molecule has 18 heavy (non-hydrogen) atoms. The molecular formula is C11H8Br2N2O2S. The number of nitro groups is 1. The lowest BCUT2D eigenvalue weighted by molar-refractivity contribution is -0.384. The highest BCUT2D eigenvalue weighted by Gasteiger charge is 2.13. The van der Waals surface area contributed by atoms with Crippen LogP contribution in [0.4, 0.5) is 11.4 Å². The molecule has 0 unspecified atom stereocenters. The van der Waals surface area contributed by atoms with Crippen LogP contribution in [-0.4, -0.2) is 4.92 Å². The zero-order valence-electron chi connectivity index (χ0n) is 9.02. The van der Waals surface area contributed by atoms with E-state index in [1.807, 2.05) is 12.1 Å². The molecule has 0 fully saturated rings. The van der Waals surface area contributed by atoms with E-state index in [9.17, 15) is 10.1 Å². The summed E-state index contributed by atoms with van der Waals surface area (Å²) in [5.74, 6) is 0. The number of thiophene rings is 1. The molecule has 2 rings (SSSR count). The number of nitro benzene ring substituents is 1. The summed E-state index contributed by atoms with van der Waals surface area (Å²) in [4.78, 5) is 11.6. The zero-order valence-corrected chi connectivity index (χ0v) is 13.0. The van der Waals surface area contributed by atoms with Gasteiger partial charge in [0.25, 0.3) is 5.69 Å². The second kappa shape index (κ2) is 5.81. The average molecular weight is 392 g/mol. The molecule has 7 heteroatoms. The van der Waals surface area contributed by atoms with E-state index in [4.69, 9.17) is 0 Å². The van der Waals surface area contributed by atoms with Crippen molar-refractivity contribution < 1.29 is 4.92 Å². The minimum atomic E-state index is -0.391. The molecule has 0 spiro atoms. The molecule has 0 saturated heterocycles. The molecule has 0 saturated carbocycles. The lowest BCUT2D eigenvalue weighted by atomic mass is 10.2. The molecule has 1 N–H and O–H groups in total. The molecule has 0 aliphatic heterocycles. The van der Waals surface area contributed by atoms with Crippen molar-refractivity contribution in [1.29, 1.82) is 0 Å². The van der Waals surface area contributed by atoms with Crippen LogP contribution in [0.15, 0.2) is 38.6 Å². The van der Waals surface area contributed by atoms with Gasteiger partial charge in [0, 0.05) is 22.0 Å². The van der Waals surface area contributed by atoms with E-state index in [1.165, 1.54) is 6.07 Å². The summed E-state index contributed by atoms with van der Waals surface area (Å²) in [6.45, 7) is 0.568. The van der Waals surface area contributed by atoms with E-state index >= 15 is 0 Å². The molecule has 4 nitrogen and oxygen atoms in total. The van der Waals surface area contributed by atoms with Gasteiger partial charge in [0.15, 0.2) is 0 Å². The van der Waals surface area contributed by atoms with E-state index < -0.39 is 4.92 Å². The van der Waals surface area contributed by atoms with Crippen LogP contribution in [0, 0.1) is 10.1 Å². The maximum absolute atomic E-state index is 10.9. The molecule has 1 aromatic heterocycles. The summed E-state index contributed by atoms with van der Waals surface area (Å²) in [7, 11) is 0. The summed E-state index contributed by atoms with van der Waals surface area (Å²) >= 11 is 8.21. The number of hydrogen-bond donors (Lipinski definition) is 1. The Morgan fingerprint density at radius 1 is 1.28 bits per heavy atom. The molecule has 1 heterocycles. The third-order valence-electron chi connectivity index (χ3n) is 2.24. The molecule has 1 aromatic carbocycles. The van der Waals surface area contributed by atoms with Gasteiger partial charge in [-0.2, -0.15) is 0 Å². The van der Waals surface area contributed by atoms with Gasteiger partial charge in [-0.15, -0.1) is 11.3 Å². The summed E-state index contributed by atoms with van der Waals surface area (Å²) in [5.41, 5.74) is 0.590. The van der Waals surface area contributed by atoms with Gasteiger partial charge in [0.1, 0.15) is 5.69 Å². The summed E-state index contributed by atoms with van der Waals surface area (Å²) < 4.78 is 1.74. The lowest BCUT2D eigenvalue weighted by Crippen LogP contribution is -2.01.